The van der Waals surface area contributed by atoms with Gasteiger partial charge < -0.3 is 10.1 Å². The Morgan fingerprint density at radius 2 is 1.52 bits per heavy atom. The molecule has 0 radical (unpaired) electrons. The van der Waals surface area contributed by atoms with Crippen LogP contribution in [-0.2, 0) is 6.42 Å². The topological polar surface area (TPSA) is 21.3 Å². The van der Waals surface area contributed by atoms with Crippen molar-refractivity contribution < 1.29 is 9.13 Å². The molecule has 0 aliphatic heterocycles. The van der Waals surface area contributed by atoms with E-state index in [1.54, 1.807) is 0 Å². The molecule has 0 unspecified atom stereocenters. The van der Waals surface area contributed by atoms with Gasteiger partial charge in [0.2, 0.25) is 0 Å². The normalized spacial score (nSPS) is 10.0. The minimum absolute atomic E-state index is 0. The average molecular weight is 310 g/mol. The average Bonchev–Trinajstić information content (AvgIpc) is 2.48. The van der Waals surface area contributed by atoms with Crippen molar-refractivity contribution in [2.75, 3.05) is 20.2 Å². The summed E-state index contributed by atoms with van der Waals surface area (Å²) in [5.74, 6) is 0.697. The highest BCUT2D eigenvalue weighted by molar-refractivity contribution is 5.85. The molecule has 0 bridgehead atoms. The van der Waals surface area contributed by atoms with Gasteiger partial charge in [-0.1, -0.05) is 24.3 Å². The highest BCUT2D eigenvalue weighted by Crippen LogP contribution is 2.15. The molecule has 0 fully saturated rings. The maximum absolute atomic E-state index is 12.8. The van der Waals surface area contributed by atoms with E-state index in [0.717, 1.165) is 37.3 Å². The van der Waals surface area contributed by atoms with Gasteiger partial charge in [0.15, 0.2) is 0 Å². The Bertz CT molecular complexity index is 513. The van der Waals surface area contributed by atoms with E-state index >= 15 is 0 Å². The Morgan fingerprint density at radius 3 is 2.10 bits per heavy atom. The smallest absolute Gasteiger partial charge is 0.123 e. The zero-order valence-electron chi connectivity index (χ0n) is 12.1. The number of hydrogen-bond donors (Lipinski definition) is 1. The zero-order chi connectivity index (χ0) is 14.2. The minimum Gasteiger partial charge on any atom is -0.494 e. The van der Waals surface area contributed by atoms with Crippen LogP contribution in [-0.4, -0.2) is 20.2 Å². The van der Waals surface area contributed by atoms with Crippen LogP contribution in [0.25, 0.3) is 0 Å². The molecule has 4 heteroatoms. The molecule has 114 valence electrons. The van der Waals surface area contributed by atoms with Gasteiger partial charge in [-0.3, -0.25) is 0 Å². The summed E-state index contributed by atoms with van der Waals surface area (Å²) in [7, 11) is 1.93. The van der Waals surface area contributed by atoms with E-state index in [2.05, 4.69) is 17.4 Å². The van der Waals surface area contributed by atoms with Crippen molar-refractivity contribution >= 4 is 12.4 Å². The lowest BCUT2D eigenvalue weighted by atomic mass is 10.1. The van der Waals surface area contributed by atoms with E-state index in [9.17, 15) is 4.39 Å². The monoisotopic (exact) mass is 309 g/mol. The maximum Gasteiger partial charge on any atom is 0.123 e. The predicted octanol–water partition coefficient (Wildman–Crippen LogP) is 3.83. The number of nitrogens with one attached hydrogen (secondary N) is 1. The van der Waals surface area contributed by atoms with Crippen LogP contribution >= 0.6 is 12.4 Å². The molecule has 0 amide bonds. The Balaban J connectivity index is 0.00000220. The molecule has 2 rings (SSSR count). The lowest BCUT2D eigenvalue weighted by Gasteiger charge is -2.07. The first-order chi connectivity index (χ1) is 9.78. The number of benzene rings is 2. The largest absolute Gasteiger partial charge is 0.494 e. The second-order valence-corrected chi connectivity index (χ2v) is 4.75. The van der Waals surface area contributed by atoms with Crippen molar-refractivity contribution in [2.24, 2.45) is 0 Å². The van der Waals surface area contributed by atoms with Gasteiger partial charge >= 0.3 is 0 Å². The summed E-state index contributed by atoms with van der Waals surface area (Å²) in [6, 6.07) is 14.7. The summed E-state index contributed by atoms with van der Waals surface area (Å²) in [6.07, 6.45) is 1.80. The molecule has 21 heavy (non-hydrogen) atoms. The van der Waals surface area contributed by atoms with Gasteiger partial charge in [0.1, 0.15) is 11.6 Å². The molecule has 2 aromatic carbocycles. The lowest BCUT2D eigenvalue weighted by molar-refractivity contribution is 0.310. The number of halogens is 2. The van der Waals surface area contributed by atoms with Crippen molar-refractivity contribution in [1.29, 1.82) is 0 Å². The number of hydrogen-bond acceptors (Lipinski definition) is 2. The van der Waals surface area contributed by atoms with Crippen LogP contribution in [0.5, 0.6) is 5.75 Å². The molecule has 0 heterocycles. The summed E-state index contributed by atoms with van der Waals surface area (Å²) in [5, 5.41) is 3.09. The molecule has 2 nitrogen and oxygen atoms in total. The molecule has 0 aliphatic rings. The number of ether oxygens (including phenoxy) is 1. The molecule has 0 saturated heterocycles. The third-order valence-corrected chi connectivity index (χ3v) is 3.08. The maximum atomic E-state index is 12.8. The first kappa shape index (κ1) is 17.5. The Labute approximate surface area is 131 Å². The van der Waals surface area contributed by atoms with Crippen molar-refractivity contribution in [3.8, 4) is 5.75 Å². The fourth-order valence-corrected chi connectivity index (χ4v) is 1.98. The third-order valence-electron chi connectivity index (χ3n) is 3.08. The fraction of sp³-hybridized carbons (Fsp3) is 0.294. The van der Waals surface area contributed by atoms with E-state index in [0.29, 0.717) is 0 Å². The van der Waals surface area contributed by atoms with Crippen LogP contribution in [0.4, 0.5) is 4.39 Å². The van der Waals surface area contributed by atoms with Crippen LogP contribution in [0.1, 0.15) is 17.5 Å². The summed E-state index contributed by atoms with van der Waals surface area (Å²) in [5.41, 5.74) is 2.30. The first-order valence-corrected chi connectivity index (χ1v) is 6.89. The van der Waals surface area contributed by atoms with Crippen molar-refractivity contribution in [3.05, 3.63) is 65.5 Å². The fourth-order valence-electron chi connectivity index (χ4n) is 1.98. The van der Waals surface area contributed by atoms with Gasteiger partial charge in [-0.2, -0.15) is 0 Å². The molecule has 0 aromatic heterocycles. The molecule has 0 aliphatic carbocycles. The van der Waals surface area contributed by atoms with E-state index in [1.165, 1.54) is 17.7 Å². The molecule has 0 saturated carbocycles. The highest BCUT2D eigenvalue weighted by atomic mass is 35.5. The Hall–Kier alpha value is -1.58. The summed E-state index contributed by atoms with van der Waals surface area (Å²) < 4.78 is 18.5. The first-order valence-electron chi connectivity index (χ1n) is 6.89. The second kappa shape index (κ2) is 9.37. The van der Waals surface area contributed by atoms with E-state index < -0.39 is 0 Å². The van der Waals surface area contributed by atoms with Crippen LogP contribution in [0.15, 0.2) is 48.5 Å². The lowest BCUT2D eigenvalue weighted by Crippen LogP contribution is -2.11. The Kier molecular flexibility index (Phi) is 7.80. The summed E-state index contributed by atoms with van der Waals surface area (Å²) >= 11 is 0. The molecule has 1 N–H and O–H groups in total. The summed E-state index contributed by atoms with van der Waals surface area (Å²) in [6.45, 7) is 1.68. The molecular weight excluding hydrogens is 289 g/mol. The van der Waals surface area contributed by atoms with Crippen LogP contribution in [0.2, 0.25) is 0 Å². The van der Waals surface area contributed by atoms with Gasteiger partial charge in [-0.05, 0) is 61.8 Å². The zero-order valence-corrected chi connectivity index (χ0v) is 13.0. The summed E-state index contributed by atoms with van der Waals surface area (Å²) in [4.78, 5) is 0. The predicted molar refractivity (Wildman–Crippen MR) is 86.9 cm³/mol. The van der Waals surface area contributed by atoms with Gasteiger partial charge in [0, 0.05) is 0 Å². The molecule has 0 spiro atoms. The molecule has 2 aromatic rings. The van der Waals surface area contributed by atoms with E-state index in [-0.39, 0.29) is 18.2 Å². The SMILES string of the molecule is CNCCCOc1ccc(Cc2ccc(F)cc2)cc1.Cl. The second-order valence-electron chi connectivity index (χ2n) is 4.75. The van der Waals surface area contributed by atoms with E-state index in [1.807, 2.05) is 31.3 Å². The molecule has 0 atom stereocenters. The van der Waals surface area contributed by atoms with Gasteiger partial charge in [0.25, 0.3) is 0 Å². The van der Waals surface area contributed by atoms with Crippen molar-refractivity contribution in [1.82, 2.24) is 5.32 Å². The Morgan fingerprint density at radius 1 is 0.952 bits per heavy atom. The van der Waals surface area contributed by atoms with Crippen LogP contribution < -0.4 is 10.1 Å². The van der Waals surface area contributed by atoms with Gasteiger partial charge in [-0.25, -0.2) is 4.39 Å². The van der Waals surface area contributed by atoms with Crippen LogP contribution in [0, 0.1) is 5.82 Å². The highest BCUT2D eigenvalue weighted by Gasteiger charge is 1.99. The van der Waals surface area contributed by atoms with Gasteiger partial charge in [0.05, 0.1) is 6.61 Å². The third kappa shape index (κ3) is 6.15. The van der Waals surface area contributed by atoms with E-state index in [4.69, 9.17) is 4.74 Å². The minimum atomic E-state index is -0.195. The standard InChI is InChI=1S/C17H20FNO.ClH/c1-19-11-2-12-20-17-9-5-15(6-10-17)13-14-3-7-16(18)8-4-14;/h3-10,19H,2,11-13H2,1H3;1H. The van der Waals surface area contributed by atoms with Crippen molar-refractivity contribution in [2.45, 2.75) is 12.8 Å². The number of rotatable bonds is 7. The molecular formula is C17H21ClFNO. The van der Waals surface area contributed by atoms with Gasteiger partial charge in [-0.15, -0.1) is 12.4 Å². The van der Waals surface area contributed by atoms with Crippen molar-refractivity contribution in [3.63, 3.8) is 0 Å². The van der Waals surface area contributed by atoms with Crippen LogP contribution in [0.3, 0.4) is 0 Å². The quantitative estimate of drug-likeness (QED) is 0.785.